The van der Waals surface area contributed by atoms with E-state index < -0.39 is 11.5 Å². The summed E-state index contributed by atoms with van der Waals surface area (Å²) in [5.41, 5.74) is -0.765. The molecule has 0 aromatic carbocycles. The molecule has 2 atom stereocenters. The average Bonchev–Trinajstić information content (AvgIpc) is 2.95. The van der Waals surface area contributed by atoms with Crippen LogP contribution in [-0.2, 0) is 11.2 Å². The van der Waals surface area contributed by atoms with Crippen molar-refractivity contribution >= 4 is 5.97 Å². The molecular weight excluding hydrogens is 230 g/mol. The molecular formula is C13H21N3O2. The van der Waals surface area contributed by atoms with Crippen LogP contribution in [0.2, 0.25) is 0 Å². The first-order chi connectivity index (χ1) is 8.63. The van der Waals surface area contributed by atoms with E-state index in [1.165, 1.54) is 0 Å². The van der Waals surface area contributed by atoms with Gasteiger partial charge in [0.15, 0.2) is 0 Å². The number of hydrogen-bond acceptors (Lipinski definition) is 3. The van der Waals surface area contributed by atoms with Crippen LogP contribution in [0.4, 0.5) is 0 Å². The highest BCUT2D eigenvalue weighted by molar-refractivity contribution is 5.79. The van der Waals surface area contributed by atoms with E-state index in [9.17, 15) is 9.90 Å². The number of aromatic nitrogens is 2. The van der Waals surface area contributed by atoms with Crippen molar-refractivity contribution < 1.29 is 9.90 Å². The van der Waals surface area contributed by atoms with Gasteiger partial charge in [-0.1, -0.05) is 6.92 Å². The van der Waals surface area contributed by atoms with Crippen LogP contribution in [0, 0.1) is 0 Å². The molecule has 1 saturated carbocycles. The predicted molar refractivity (Wildman–Crippen MR) is 68.5 cm³/mol. The lowest BCUT2D eigenvalue weighted by molar-refractivity contribution is -0.144. The SMILES string of the molecule is CCCc1nccn1C1CCC(NC)(C(=O)O)C1. The fourth-order valence-electron chi connectivity index (χ4n) is 2.88. The van der Waals surface area contributed by atoms with Crippen molar-refractivity contribution in [2.24, 2.45) is 0 Å². The van der Waals surface area contributed by atoms with Crippen molar-refractivity contribution in [1.82, 2.24) is 14.9 Å². The van der Waals surface area contributed by atoms with Crippen molar-refractivity contribution in [3.63, 3.8) is 0 Å². The molecule has 2 rings (SSSR count). The van der Waals surface area contributed by atoms with Gasteiger partial charge in [0, 0.05) is 24.9 Å². The van der Waals surface area contributed by atoms with Crippen LogP contribution < -0.4 is 5.32 Å². The third-order valence-corrected chi connectivity index (χ3v) is 3.99. The second-order valence-electron chi connectivity index (χ2n) is 5.03. The highest BCUT2D eigenvalue weighted by Gasteiger charge is 2.45. The molecule has 18 heavy (non-hydrogen) atoms. The monoisotopic (exact) mass is 251 g/mol. The summed E-state index contributed by atoms with van der Waals surface area (Å²) in [4.78, 5) is 15.8. The van der Waals surface area contributed by atoms with Gasteiger partial charge >= 0.3 is 5.97 Å². The molecule has 0 saturated heterocycles. The van der Waals surface area contributed by atoms with Gasteiger partial charge in [-0.25, -0.2) is 4.98 Å². The van der Waals surface area contributed by atoms with Gasteiger partial charge in [-0.15, -0.1) is 0 Å². The summed E-state index contributed by atoms with van der Waals surface area (Å²) in [7, 11) is 1.73. The van der Waals surface area contributed by atoms with Gasteiger partial charge in [0.2, 0.25) is 0 Å². The maximum absolute atomic E-state index is 11.4. The van der Waals surface area contributed by atoms with Crippen LogP contribution in [0.3, 0.4) is 0 Å². The van der Waals surface area contributed by atoms with E-state index >= 15 is 0 Å². The van der Waals surface area contributed by atoms with Crippen LogP contribution in [0.15, 0.2) is 12.4 Å². The summed E-state index contributed by atoms with van der Waals surface area (Å²) in [6.45, 7) is 2.13. The number of rotatable bonds is 5. The van der Waals surface area contributed by atoms with Gasteiger partial charge in [0.1, 0.15) is 11.4 Å². The summed E-state index contributed by atoms with van der Waals surface area (Å²) >= 11 is 0. The Labute approximate surface area is 107 Å². The number of carboxylic acid groups (broad SMARTS) is 1. The molecule has 0 bridgehead atoms. The molecule has 2 unspecified atom stereocenters. The first-order valence-electron chi connectivity index (χ1n) is 6.57. The minimum atomic E-state index is -0.765. The molecule has 5 nitrogen and oxygen atoms in total. The summed E-state index contributed by atoms with van der Waals surface area (Å²) in [6.07, 6.45) is 7.98. The second-order valence-corrected chi connectivity index (χ2v) is 5.03. The Bertz CT molecular complexity index is 430. The Hall–Kier alpha value is -1.36. The topological polar surface area (TPSA) is 67.2 Å². The molecule has 0 amide bonds. The maximum Gasteiger partial charge on any atom is 0.323 e. The van der Waals surface area contributed by atoms with E-state index in [1.54, 1.807) is 7.05 Å². The lowest BCUT2D eigenvalue weighted by atomic mass is 9.98. The van der Waals surface area contributed by atoms with Gasteiger partial charge in [0.25, 0.3) is 0 Å². The zero-order valence-electron chi connectivity index (χ0n) is 11.0. The fraction of sp³-hybridized carbons (Fsp3) is 0.692. The second kappa shape index (κ2) is 5.10. The largest absolute Gasteiger partial charge is 0.480 e. The summed E-state index contributed by atoms with van der Waals surface area (Å²) in [6, 6.07) is 0.248. The molecule has 1 aromatic heterocycles. The molecule has 0 radical (unpaired) electrons. The van der Waals surface area contributed by atoms with Gasteiger partial charge in [-0.3, -0.25) is 4.79 Å². The number of nitrogens with one attached hydrogen (secondary N) is 1. The molecule has 1 aromatic rings. The van der Waals surface area contributed by atoms with Crippen molar-refractivity contribution in [1.29, 1.82) is 0 Å². The van der Waals surface area contributed by atoms with Gasteiger partial charge < -0.3 is 15.0 Å². The molecule has 100 valence electrons. The number of likely N-dealkylation sites (N-methyl/N-ethyl adjacent to an activating group) is 1. The van der Waals surface area contributed by atoms with Crippen molar-refractivity contribution in [3.05, 3.63) is 18.2 Å². The minimum absolute atomic E-state index is 0.248. The first kappa shape index (κ1) is 13.1. The van der Waals surface area contributed by atoms with E-state index in [4.69, 9.17) is 0 Å². The standard InChI is InChI=1S/C13H21N3O2/c1-3-4-11-15-7-8-16(11)10-5-6-13(9-10,14-2)12(17)18/h7-8,10,14H,3-6,9H2,1-2H3,(H,17,18). The molecule has 1 aliphatic rings. The Balaban J connectivity index is 2.17. The molecule has 1 aliphatic carbocycles. The third kappa shape index (κ3) is 2.14. The zero-order valence-corrected chi connectivity index (χ0v) is 11.0. The highest BCUT2D eigenvalue weighted by Crippen LogP contribution is 2.38. The molecule has 2 N–H and O–H groups in total. The highest BCUT2D eigenvalue weighted by atomic mass is 16.4. The smallest absolute Gasteiger partial charge is 0.323 e. The molecule has 1 fully saturated rings. The lowest BCUT2D eigenvalue weighted by Gasteiger charge is -2.24. The van der Waals surface area contributed by atoms with E-state index in [0.717, 1.165) is 25.1 Å². The van der Waals surface area contributed by atoms with Gasteiger partial charge in [-0.05, 0) is 32.7 Å². The number of nitrogens with zero attached hydrogens (tertiary/aromatic N) is 2. The van der Waals surface area contributed by atoms with Gasteiger partial charge in [0.05, 0.1) is 0 Å². The Kier molecular flexibility index (Phi) is 3.71. The summed E-state index contributed by atoms with van der Waals surface area (Å²) in [5, 5.41) is 12.4. The number of carboxylic acids is 1. The normalized spacial score (nSPS) is 27.6. The maximum atomic E-state index is 11.4. The summed E-state index contributed by atoms with van der Waals surface area (Å²) in [5.74, 6) is 0.324. The van der Waals surface area contributed by atoms with Crippen LogP contribution >= 0.6 is 0 Å². The van der Waals surface area contributed by atoms with Crippen molar-refractivity contribution in [2.75, 3.05) is 7.05 Å². The Morgan fingerprint density at radius 3 is 3.06 bits per heavy atom. The molecule has 5 heteroatoms. The van der Waals surface area contributed by atoms with E-state index in [2.05, 4.69) is 21.8 Å². The number of aryl methyl sites for hydroxylation is 1. The van der Waals surface area contributed by atoms with Crippen LogP contribution in [0.1, 0.15) is 44.5 Å². The zero-order chi connectivity index (χ0) is 13.2. The molecule has 1 heterocycles. The Morgan fingerprint density at radius 1 is 1.72 bits per heavy atom. The van der Waals surface area contributed by atoms with Crippen molar-refractivity contribution in [3.8, 4) is 0 Å². The van der Waals surface area contributed by atoms with E-state index in [0.29, 0.717) is 12.8 Å². The number of aliphatic carboxylic acids is 1. The van der Waals surface area contributed by atoms with Crippen LogP contribution in [0.5, 0.6) is 0 Å². The quantitative estimate of drug-likeness (QED) is 0.834. The molecule has 0 aliphatic heterocycles. The minimum Gasteiger partial charge on any atom is -0.480 e. The van der Waals surface area contributed by atoms with Gasteiger partial charge in [-0.2, -0.15) is 0 Å². The van der Waals surface area contributed by atoms with Crippen molar-refractivity contribution in [2.45, 2.75) is 50.6 Å². The fourth-order valence-corrected chi connectivity index (χ4v) is 2.88. The Morgan fingerprint density at radius 2 is 2.50 bits per heavy atom. The average molecular weight is 251 g/mol. The van der Waals surface area contributed by atoms with Crippen LogP contribution in [-0.4, -0.2) is 33.2 Å². The third-order valence-electron chi connectivity index (χ3n) is 3.99. The summed E-state index contributed by atoms with van der Waals surface area (Å²) < 4.78 is 2.16. The number of hydrogen-bond donors (Lipinski definition) is 2. The predicted octanol–water partition coefficient (Wildman–Crippen LogP) is 1.60. The van der Waals surface area contributed by atoms with E-state index in [1.807, 2.05) is 12.4 Å². The first-order valence-corrected chi connectivity index (χ1v) is 6.57. The number of carbonyl (C=O) groups is 1. The van der Waals surface area contributed by atoms with E-state index in [-0.39, 0.29) is 6.04 Å². The van der Waals surface area contributed by atoms with Crippen LogP contribution in [0.25, 0.3) is 0 Å². The lowest BCUT2D eigenvalue weighted by Crippen LogP contribution is -2.48. The number of imidazole rings is 1. The molecule has 0 spiro atoms.